The van der Waals surface area contributed by atoms with Gasteiger partial charge in [-0.15, -0.1) is 0 Å². The van der Waals surface area contributed by atoms with E-state index in [-0.39, 0.29) is 35.1 Å². The standard InChI is InChI=1S/C24H16N2O4S/c27-21-13-31-24(30)26(21)12-14-5-8-16(9-6-14)25-23(29)15-7-10-18-17-3-1-2-4-19(17)22(28)20(18)11-15/h1-11H,12-13H2,(H,25,29). The van der Waals surface area contributed by atoms with Crippen molar-refractivity contribution in [2.24, 2.45) is 0 Å². The monoisotopic (exact) mass is 428 g/mol. The largest absolute Gasteiger partial charge is 0.322 e. The van der Waals surface area contributed by atoms with Crippen LogP contribution in [0, 0.1) is 0 Å². The van der Waals surface area contributed by atoms with Crippen LogP contribution in [-0.2, 0) is 11.3 Å². The minimum atomic E-state index is -0.319. The third kappa shape index (κ3) is 3.43. The van der Waals surface area contributed by atoms with Crippen molar-refractivity contribution >= 4 is 40.3 Å². The molecule has 0 saturated carbocycles. The van der Waals surface area contributed by atoms with E-state index in [0.29, 0.717) is 22.4 Å². The van der Waals surface area contributed by atoms with Crippen molar-refractivity contribution < 1.29 is 19.2 Å². The number of nitrogens with one attached hydrogen (secondary N) is 1. The van der Waals surface area contributed by atoms with Crippen LogP contribution in [-0.4, -0.2) is 33.5 Å². The molecule has 3 aromatic carbocycles. The number of nitrogens with zero attached hydrogens (tertiary/aromatic N) is 1. The minimum Gasteiger partial charge on any atom is -0.322 e. The summed E-state index contributed by atoms with van der Waals surface area (Å²) in [4.78, 5) is 50.1. The fourth-order valence-corrected chi connectivity index (χ4v) is 4.51. The van der Waals surface area contributed by atoms with Crippen LogP contribution in [0.15, 0.2) is 66.7 Å². The van der Waals surface area contributed by atoms with Gasteiger partial charge in [0.2, 0.25) is 5.91 Å². The lowest BCUT2D eigenvalue weighted by atomic mass is 10.0. The molecule has 1 N–H and O–H groups in total. The zero-order valence-corrected chi connectivity index (χ0v) is 17.1. The molecule has 0 aromatic heterocycles. The summed E-state index contributed by atoms with van der Waals surface area (Å²) in [6.45, 7) is 0.215. The fraction of sp³-hybridized carbons (Fsp3) is 0.0833. The maximum Gasteiger partial charge on any atom is 0.289 e. The van der Waals surface area contributed by atoms with Crippen molar-refractivity contribution in [2.75, 3.05) is 11.1 Å². The third-order valence-corrected chi connectivity index (χ3v) is 6.24. The molecule has 3 aromatic rings. The fourth-order valence-electron chi connectivity index (χ4n) is 3.78. The number of fused-ring (bicyclic) bond motifs is 3. The smallest absolute Gasteiger partial charge is 0.289 e. The van der Waals surface area contributed by atoms with E-state index >= 15 is 0 Å². The van der Waals surface area contributed by atoms with Crippen LogP contribution in [0.25, 0.3) is 11.1 Å². The number of carbonyl (C=O) groups is 4. The van der Waals surface area contributed by atoms with Crippen LogP contribution in [0.2, 0.25) is 0 Å². The van der Waals surface area contributed by atoms with E-state index in [4.69, 9.17) is 0 Å². The molecule has 3 amide bonds. The normalized spacial score (nSPS) is 14.6. The second-order valence-electron chi connectivity index (χ2n) is 7.32. The Balaban J connectivity index is 1.30. The highest BCUT2D eigenvalue weighted by Crippen LogP contribution is 2.36. The molecule has 7 heteroatoms. The highest BCUT2D eigenvalue weighted by molar-refractivity contribution is 8.14. The molecule has 0 atom stereocenters. The van der Waals surface area contributed by atoms with E-state index in [0.717, 1.165) is 28.5 Å². The molecule has 0 radical (unpaired) electrons. The van der Waals surface area contributed by atoms with E-state index in [1.165, 1.54) is 4.90 Å². The summed E-state index contributed by atoms with van der Waals surface area (Å²) in [6.07, 6.45) is 0. The van der Waals surface area contributed by atoms with Crippen molar-refractivity contribution in [3.63, 3.8) is 0 Å². The Morgan fingerprint density at radius 3 is 2.29 bits per heavy atom. The van der Waals surface area contributed by atoms with E-state index in [1.807, 2.05) is 18.2 Å². The predicted molar refractivity (Wildman–Crippen MR) is 118 cm³/mol. The Kier molecular flexibility index (Phi) is 4.67. The zero-order valence-electron chi connectivity index (χ0n) is 16.3. The first-order chi connectivity index (χ1) is 15.0. The van der Waals surface area contributed by atoms with Crippen LogP contribution in [0.1, 0.15) is 31.8 Å². The number of anilines is 1. The molecule has 0 spiro atoms. The predicted octanol–water partition coefficient (Wildman–Crippen LogP) is 4.35. The van der Waals surface area contributed by atoms with Crippen LogP contribution < -0.4 is 5.32 Å². The van der Waals surface area contributed by atoms with Crippen molar-refractivity contribution in [1.82, 2.24) is 4.90 Å². The highest BCUT2D eigenvalue weighted by Gasteiger charge is 2.30. The lowest BCUT2D eigenvalue weighted by Crippen LogP contribution is -2.27. The average molecular weight is 428 g/mol. The van der Waals surface area contributed by atoms with Gasteiger partial charge in [0.1, 0.15) is 0 Å². The van der Waals surface area contributed by atoms with Gasteiger partial charge in [0.05, 0.1) is 12.3 Å². The van der Waals surface area contributed by atoms with Crippen LogP contribution in [0.4, 0.5) is 10.5 Å². The molecule has 31 heavy (non-hydrogen) atoms. The number of benzene rings is 3. The van der Waals surface area contributed by atoms with Gasteiger partial charge in [0.25, 0.3) is 11.1 Å². The molecule has 152 valence electrons. The molecule has 2 aliphatic rings. The van der Waals surface area contributed by atoms with Crippen molar-refractivity contribution in [3.05, 3.63) is 89.0 Å². The second kappa shape index (κ2) is 7.52. The summed E-state index contributed by atoms with van der Waals surface area (Å²) in [5, 5.41) is 2.58. The molecule has 0 unspecified atom stereocenters. The first-order valence-electron chi connectivity index (χ1n) is 9.67. The number of hydrogen-bond donors (Lipinski definition) is 1. The van der Waals surface area contributed by atoms with Gasteiger partial charge in [-0.1, -0.05) is 54.2 Å². The summed E-state index contributed by atoms with van der Waals surface area (Å²) < 4.78 is 0. The van der Waals surface area contributed by atoms with Crippen molar-refractivity contribution in [2.45, 2.75) is 6.54 Å². The summed E-state index contributed by atoms with van der Waals surface area (Å²) in [7, 11) is 0. The Labute approximate surface area is 182 Å². The second-order valence-corrected chi connectivity index (χ2v) is 8.25. The van der Waals surface area contributed by atoms with Gasteiger partial charge < -0.3 is 5.32 Å². The average Bonchev–Trinajstić information content (AvgIpc) is 3.26. The SMILES string of the molecule is O=C(Nc1ccc(CN2C(=O)CSC2=O)cc1)c1ccc2c(c1)C(=O)c1ccccc1-2. The van der Waals surface area contributed by atoms with Gasteiger partial charge in [-0.2, -0.15) is 0 Å². The topological polar surface area (TPSA) is 83.6 Å². The van der Waals surface area contributed by atoms with Crippen LogP contribution in [0.5, 0.6) is 0 Å². The maximum atomic E-state index is 12.7. The first-order valence-corrected chi connectivity index (χ1v) is 10.7. The van der Waals surface area contributed by atoms with Gasteiger partial charge in [-0.05, 0) is 41.0 Å². The van der Waals surface area contributed by atoms with Crippen molar-refractivity contribution in [3.8, 4) is 11.1 Å². The highest BCUT2D eigenvalue weighted by atomic mass is 32.2. The first kappa shape index (κ1) is 19.3. The van der Waals surface area contributed by atoms with E-state index in [2.05, 4.69) is 5.32 Å². The molecule has 0 bridgehead atoms. The summed E-state index contributed by atoms with van der Waals surface area (Å²) in [5.74, 6) is -0.406. The molecule has 5 rings (SSSR count). The van der Waals surface area contributed by atoms with Gasteiger partial charge in [0, 0.05) is 22.4 Å². The number of thioether (sulfide) groups is 1. The summed E-state index contributed by atoms with van der Waals surface area (Å²) in [6, 6.07) is 19.5. The number of amides is 3. The molecular weight excluding hydrogens is 412 g/mol. The summed E-state index contributed by atoms with van der Waals surface area (Å²) >= 11 is 1.00. The molecule has 6 nitrogen and oxygen atoms in total. The lowest BCUT2D eigenvalue weighted by Gasteiger charge is -2.13. The number of imide groups is 1. The number of rotatable bonds is 4. The Hall–Kier alpha value is -3.71. The van der Waals surface area contributed by atoms with Gasteiger partial charge in [-0.3, -0.25) is 24.1 Å². The van der Waals surface area contributed by atoms with E-state index < -0.39 is 0 Å². The molecule has 1 heterocycles. The minimum absolute atomic E-state index is 0.0752. The van der Waals surface area contributed by atoms with Gasteiger partial charge >= 0.3 is 0 Å². The van der Waals surface area contributed by atoms with E-state index in [1.54, 1.807) is 48.5 Å². The Bertz CT molecular complexity index is 1250. The summed E-state index contributed by atoms with van der Waals surface area (Å²) in [5.41, 5.74) is 4.68. The van der Waals surface area contributed by atoms with Gasteiger partial charge in [0.15, 0.2) is 5.78 Å². The Morgan fingerprint density at radius 2 is 1.58 bits per heavy atom. The molecular formula is C24H16N2O4S. The van der Waals surface area contributed by atoms with E-state index in [9.17, 15) is 19.2 Å². The molecule has 1 fully saturated rings. The Morgan fingerprint density at radius 1 is 0.871 bits per heavy atom. The third-order valence-electron chi connectivity index (χ3n) is 5.38. The quantitative estimate of drug-likeness (QED) is 0.523. The molecule has 1 saturated heterocycles. The van der Waals surface area contributed by atoms with Crippen molar-refractivity contribution in [1.29, 1.82) is 0 Å². The molecule has 1 aliphatic carbocycles. The zero-order chi connectivity index (χ0) is 21.5. The maximum absolute atomic E-state index is 12.7. The number of carbonyl (C=O) groups excluding carboxylic acids is 4. The number of hydrogen-bond acceptors (Lipinski definition) is 5. The lowest BCUT2D eigenvalue weighted by molar-refractivity contribution is -0.125. The van der Waals surface area contributed by atoms with Crippen LogP contribution in [0.3, 0.4) is 0 Å². The number of ketones is 1. The molecule has 1 aliphatic heterocycles. The van der Waals surface area contributed by atoms with Crippen LogP contribution >= 0.6 is 11.8 Å². The van der Waals surface area contributed by atoms with Gasteiger partial charge in [-0.25, -0.2) is 0 Å².